The second-order valence-corrected chi connectivity index (χ2v) is 4.22. The molecule has 0 aliphatic heterocycles. The van der Waals surface area contributed by atoms with Crippen LogP contribution in [0.1, 0.15) is 17.3 Å². The lowest BCUT2D eigenvalue weighted by Gasteiger charge is -2.02. The predicted octanol–water partition coefficient (Wildman–Crippen LogP) is 4.19. The molecular formula is C15H13N3O4. The normalized spacial score (nSPS) is 10.6. The van der Waals surface area contributed by atoms with Crippen molar-refractivity contribution in [1.29, 1.82) is 0 Å². The molecule has 0 atom stereocenters. The largest absolute Gasteiger partial charge is 0.462 e. The van der Waals surface area contributed by atoms with Crippen molar-refractivity contribution in [3.05, 3.63) is 64.2 Å². The van der Waals surface area contributed by atoms with Crippen LogP contribution in [0, 0.1) is 10.1 Å². The van der Waals surface area contributed by atoms with Crippen LogP contribution in [0.25, 0.3) is 0 Å². The third-order valence-electron chi connectivity index (χ3n) is 2.71. The quantitative estimate of drug-likeness (QED) is 0.358. The van der Waals surface area contributed by atoms with E-state index in [2.05, 4.69) is 10.2 Å². The van der Waals surface area contributed by atoms with Crippen LogP contribution in [-0.4, -0.2) is 17.5 Å². The summed E-state index contributed by atoms with van der Waals surface area (Å²) in [5.74, 6) is -0.614. The molecule has 2 aromatic carbocycles. The van der Waals surface area contributed by atoms with Crippen molar-refractivity contribution >= 4 is 23.0 Å². The van der Waals surface area contributed by atoms with Crippen molar-refractivity contribution < 1.29 is 14.5 Å². The molecule has 0 bridgehead atoms. The molecule has 0 unspecified atom stereocenters. The predicted molar refractivity (Wildman–Crippen MR) is 79.7 cm³/mol. The second kappa shape index (κ2) is 7.07. The van der Waals surface area contributed by atoms with Crippen LogP contribution >= 0.6 is 0 Å². The summed E-state index contributed by atoms with van der Waals surface area (Å²) in [6.45, 7) is 1.86. The van der Waals surface area contributed by atoms with Crippen molar-refractivity contribution in [2.75, 3.05) is 6.61 Å². The number of benzene rings is 2. The molecule has 0 radical (unpaired) electrons. The highest BCUT2D eigenvalue weighted by Gasteiger charge is 2.18. The van der Waals surface area contributed by atoms with Crippen molar-refractivity contribution in [3.63, 3.8) is 0 Å². The number of carbonyl (C=O) groups excluding carboxylic acids is 1. The fraction of sp³-hybridized carbons (Fsp3) is 0.133. The average molecular weight is 299 g/mol. The Morgan fingerprint density at radius 2 is 1.91 bits per heavy atom. The highest BCUT2D eigenvalue weighted by atomic mass is 16.6. The fourth-order valence-electron chi connectivity index (χ4n) is 1.70. The molecular weight excluding hydrogens is 286 g/mol. The summed E-state index contributed by atoms with van der Waals surface area (Å²) in [4.78, 5) is 22.1. The van der Waals surface area contributed by atoms with Gasteiger partial charge in [-0.2, -0.15) is 5.11 Å². The van der Waals surface area contributed by atoms with E-state index in [4.69, 9.17) is 4.74 Å². The summed E-state index contributed by atoms with van der Waals surface area (Å²) in [7, 11) is 0. The number of azo groups is 1. The Bertz CT molecular complexity index is 714. The van der Waals surface area contributed by atoms with Crippen LogP contribution in [0.3, 0.4) is 0 Å². The lowest BCUT2D eigenvalue weighted by atomic mass is 10.2. The molecule has 0 amide bonds. The zero-order valence-corrected chi connectivity index (χ0v) is 11.8. The van der Waals surface area contributed by atoms with Gasteiger partial charge in [-0.15, -0.1) is 5.11 Å². The summed E-state index contributed by atoms with van der Waals surface area (Å²) in [5, 5.41) is 18.9. The molecule has 22 heavy (non-hydrogen) atoms. The van der Waals surface area contributed by atoms with Gasteiger partial charge in [-0.25, -0.2) is 4.79 Å². The molecule has 7 heteroatoms. The first-order valence-corrected chi connectivity index (χ1v) is 6.54. The van der Waals surface area contributed by atoms with Crippen LogP contribution in [0.15, 0.2) is 58.8 Å². The molecule has 0 heterocycles. The van der Waals surface area contributed by atoms with E-state index in [1.807, 2.05) is 6.07 Å². The highest BCUT2D eigenvalue weighted by Crippen LogP contribution is 2.30. The van der Waals surface area contributed by atoms with Gasteiger partial charge in [-0.05, 0) is 31.2 Å². The van der Waals surface area contributed by atoms with E-state index in [9.17, 15) is 14.9 Å². The zero-order chi connectivity index (χ0) is 15.9. The number of hydrogen-bond donors (Lipinski definition) is 0. The van der Waals surface area contributed by atoms with Gasteiger partial charge in [0.2, 0.25) is 0 Å². The Morgan fingerprint density at radius 1 is 1.18 bits per heavy atom. The van der Waals surface area contributed by atoms with Gasteiger partial charge in [-0.1, -0.05) is 18.2 Å². The fourth-order valence-corrected chi connectivity index (χ4v) is 1.70. The molecule has 0 spiro atoms. The zero-order valence-electron chi connectivity index (χ0n) is 11.8. The van der Waals surface area contributed by atoms with Gasteiger partial charge in [0.25, 0.3) is 5.69 Å². The summed E-state index contributed by atoms with van der Waals surface area (Å²) in [6, 6.07) is 12.8. The molecule has 0 aliphatic rings. The van der Waals surface area contributed by atoms with Crippen LogP contribution in [0.4, 0.5) is 17.1 Å². The number of ether oxygens (including phenoxy) is 1. The van der Waals surface area contributed by atoms with E-state index < -0.39 is 10.9 Å². The molecule has 2 aromatic rings. The first-order valence-electron chi connectivity index (χ1n) is 6.54. The average Bonchev–Trinajstić information content (AvgIpc) is 2.54. The summed E-state index contributed by atoms with van der Waals surface area (Å²) in [6.07, 6.45) is 0. The first-order chi connectivity index (χ1) is 10.6. The summed E-state index contributed by atoms with van der Waals surface area (Å²) < 4.78 is 4.82. The van der Waals surface area contributed by atoms with E-state index in [-0.39, 0.29) is 23.5 Å². The van der Waals surface area contributed by atoms with E-state index in [1.165, 1.54) is 12.1 Å². The van der Waals surface area contributed by atoms with E-state index in [0.29, 0.717) is 5.69 Å². The number of carbonyl (C=O) groups is 1. The number of hydrogen-bond acceptors (Lipinski definition) is 6. The maximum atomic E-state index is 11.6. The number of esters is 1. The standard InChI is InChI=1S/C15H13N3O4/c1-2-22-15(19)11-8-9-13(14(10-11)18(20)21)17-16-12-6-4-3-5-7-12/h3-10H,2H2,1H3. The van der Waals surface area contributed by atoms with Crippen LogP contribution in [0.2, 0.25) is 0 Å². The van der Waals surface area contributed by atoms with E-state index in [0.717, 1.165) is 6.07 Å². The third-order valence-corrected chi connectivity index (χ3v) is 2.71. The Morgan fingerprint density at radius 3 is 2.55 bits per heavy atom. The highest BCUT2D eigenvalue weighted by molar-refractivity contribution is 5.91. The maximum absolute atomic E-state index is 11.6. The van der Waals surface area contributed by atoms with Gasteiger partial charge in [0, 0.05) is 6.07 Å². The van der Waals surface area contributed by atoms with Crippen LogP contribution in [-0.2, 0) is 4.74 Å². The van der Waals surface area contributed by atoms with Crippen LogP contribution in [0.5, 0.6) is 0 Å². The Balaban J connectivity index is 2.33. The maximum Gasteiger partial charge on any atom is 0.338 e. The van der Waals surface area contributed by atoms with Gasteiger partial charge >= 0.3 is 5.97 Å². The summed E-state index contributed by atoms with van der Waals surface area (Å²) in [5.41, 5.74) is 0.450. The molecule has 0 fully saturated rings. The number of nitro groups is 1. The minimum absolute atomic E-state index is 0.0712. The molecule has 7 nitrogen and oxygen atoms in total. The number of nitro benzene ring substituents is 1. The lowest BCUT2D eigenvalue weighted by molar-refractivity contribution is -0.384. The molecule has 0 saturated heterocycles. The smallest absolute Gasteiger partial charge is 0.338 e. The molecule has 0 N–H and O–H groups in total. The molecule has 2 rings (SSSR count). The van der Waals surface area contributed by atoms with E-state index >= 15 is 0 Å². The monoisotopic (exact) mass is 299 g/mol. The van der Waals surface area contributed by atoms with Crippen molar-refractivity contribution in [2.45, 2.75) is 6.92 Å². The number of nitrogens with zero attached hydrogens (tertiary/aromatic N) is 3. The third kappa shape index (κ3) is 3.72. The van der Waals surface area contributed by atoms with E-state index in [1.54, 1.807) is 31.2 Å². The van der Waals surface area contributed by atoms with Crippen LogP contribution < -0.4 is 0 Å². The lowest BCUT2D eigenvalue weighted by Crippen LogP contribution is -2.05. The molecule has 0 aliphatic carbocycles. The molecule has 0 aromatic heterocycles. The summed E-state index contributed by atoms with van der Waals surface area (Å²) >= 11 is 0. The first kappa shape index (κ1) is 15.3. The Kier molecular flexibility index (Phi) is 4.92. The topological polar surface area (TPSA) is 94.2 Å². The van der Waals surface area contributed by atoms with Gasteiger partial charge in [0.1, 0.15) is 0 Å². The minimum atomic E-state index is -0.614. The van der Waals surface area contributed by atoms with Gasteiger partial charge in [-0.3, -0.25) is 10.1 Å². The molecule has 0 saturated carbocycles. The van der Waals surface area contributed by atoms with Crippen molar-refractivity contribution in [2.24, 2.45) is 10.2 Å². The Hall–Kier alpha value is -3.09. The van der Waals surface area contributed by atoms with Gasteiger partial charge < -0.3 is 4.74 Å². The minimum Gasteiger partial charge on any atom is -0.462 e. The van der Waals surface area contributed by atoms with Gasteiger partial charge in [0.15, 0.2) is 5.69 Å². The van der Waals surface area contributed by atoms with Crippen molar-refractivity contribution in [3.8, 4) is 0 Å². The molecule has 112 valence electrons. The second-order valence-electron chi connectivity index (χ2n) is 4.22. The Labute approximate surface area is 126 Å². The van der Waals surface area contributed by atoms with Gasteiger partial charge in [0.05, 0.1) is 22.8 Å². The van der Waals surface area contributed by atoms with Crippen molar-refractivity contribution in [1.82, 2.24) is 0 Å². The SMILES string of the molecule is CCOC(=O)c1ccc(N=Nc2ccccc2)c([N+](=O)[O-])c1. The number of rotatable bonds is 5.